The van der Waals surface area contributed by atoms with Crippen LogP contribution in [0.4, 0.5) is 0 Å². The molecule has 0 aliphatic heterocycles. The number of carboxylic acids is 2. The fourth-order valence-electron chi connectivity index (χ4n) is 6.58. The van der Waals surface area contributed by atoms with Gasteiger partial charge in [0.2, 0.25) is 0 Å². The molecule has 0 radical (unpaired) electrons. The number of ether oxygens (including phenoxy) is 4. The highest BCUT2D eigenvalue weighted by Crippen LogP contribution is 2.40. The molecular formula is C50H44Cl4N6O10. The number of pyridine rings is 2. The number of hydrogen-bond acceptors (Lipinski definition) is 14. The number of aliphatic hydroxyl groups excluding tert-OH is 2. The molecule has 0 saturated heterocycles. The number of hydrogen-bond donors (Lipinski definition) is 6. The van der Waals surface area contributed by atoms with Crippen LogP contribution in [0.5, 0.6) is 23.0 Å². The summed E-state index contributed by atoms with van der Waals surface area (Å²) >= 11 is 27.6. The molecule has 0 spiro atoms. The lowest BCUT2D eigenvalue weighted by Crippen LogP contribution is -2.52. The van der Waals surface area contributed by atoms with Gasteiger partial charge in [-0.3, -0.25) is 30.2 Å². The molecular weight excluding hydrogens is 986 g/mol. The average molecular weight is 1030 g/mol. The van der Waals surface area contributed by atoms with E-state index in [1.54, 1.807) is 85.2 Å². The molecule has 6 N–H and O–H groups in total. The minimum Gasteiger partial charge on any atom is -0.488 e. The van der Waals surface area contributed by atoms with E-state index in [1.165, 1.54) is 26.2 Å². The summed E-state index contributed by atoms with van der Waals surface area (Å²) in [5.74, 6) is -1.51. The molecule has 0 fully saturated rings. The number of aliphatic hydroxyl groups is 2. The third-order valence-electron chi connectivity index (χ3n) is 11.0. The molecule has 70 heavy (non-hydrogen) atoms. The van der Waals surface area contributed by atoms with E-state index in [4.69, 9.17) is 65.4 Å². The quantitative estimate of drug-likeness (QED) is 0.0351. The molecule has 0 bridgehead atoms. The van der Waals surface area contributed by atoms with Crippen molar-refractivity contribution in [3.63, 3.8) is 0 Å². The van der Waals surface area contributed by atoms with Crippen molar-refractivity contribution in [3.8, 4) is 46.3 Å². The lowest BCUT2D eigenvalue weighted by Gasteiger charge is -2.25. The summed E-state index contributed by atoms with van der Waals surface area (Å²) in [7, 11) is 0. The number of rotatable bonds is 23. The maximum absolute atomic E-state index is 11.9. The Morgan fingerprint density at radius 2 is 0.957 bits per heavy atom. The van der Waals surface area contributed by atoms with Crippen molar-refractivity contribution in [2.45, 2.75) is 64.4 Å². The van der Waals surface area contributed by atoms with Gasteiger partial charge in [-0.25, -0.2) is 0 Å². The van der Waals surface area contributed by atoms with Crippen LogP contribution in [-0.2, 0) is 49.1 Å². The molecule has 0 unspecified atom stereocenters. The number of aromatic nitrogens is 2. The largest absolute Gasteiger partial charge is 0.488 e. The Bertz CT molecular complexity index is 2790. The van der Waals surface area contributed by atoms with E-state index in [0.717, 1.165) is 0 Å². The zero-order valence-corrected chi connectivity index (χ0v) is 40.5. The van der Waals surface area contributed by atoms with E-state index in [2.05, 4.69) is 20.6 Å². The van der Waals surface area contributed by atoms with Crippen molar-refractivity contribution in [3.05, 3.63) is 162 Å². The number of carbonyl (C=O) groups is 2. The zero-order valence-electron chi connectivity index (χ0n) is 37.4. The molecule has 2 aromatic heterocycles. The summed E-state index contributed by atoms with van der Waals surface area (Å²) in [6.45, 7) is 1.10. The van der Waals surface area contributed by atoms with Crippen molar-refractivity contribution >= 4 is 58.3 Å². The topological polar surface area (TPSA) is 249 Å². The van der Waals surface area contributed by atoms with E-state index in [0.29, 0.717) is 65.7 Å². The van der Waals surface area contributed by atoms with Crippen LogP contribution < -0.4 is 29.6 Å². The van der Waals surface area contributed by atoms with Gasteiger partial charge in [0, 0.05) is 94.5 Å². The molecule has 16 nitrogen and oxygen atoms in total. The normalized spacial score (nSPS) is 12.7. The second-order valence-electron chi connectivity index (χ2n) is 16.2. The molecule has 20 heteroatoms. The summed E-state index contributed by atoms with van der Waals surface area (Å²) in [5.41, 5.74) is 1.80. The fraction of sp³-hybridized carbons (Fsp3) is 0.240. The molecule has 0 aliphatic carbocycles. The van der Waals surface area contributed by atoms with E-state index < -0.39 is 36.2 Å². The van der Waals surface area contributed by atoms with Gasteiger partial charge in [0.25, 0.3) is 0 Å². The first-order valence-corrected chi connectivity index (χ1v) is 22.6. The third kappa shape index (κ3) is 12.9. The second-order valence-corrected chi connectivity index (χ2v) is 17.7. The van der Waals surface area contributed by atoms with Crippen LogP contribution in [0, 0.1) is 22.7 Å². The van der Waals surface area contributed by atoms with Gasteiger partial charge in [0.05, 0.1) is 44.4 Å². The number of benzene rings is 4. The molecule has 2 atom stereocenters. The number of nitrogens with one attached hydrogen (secondary N) is 2. The Morgan fingerprint density at radius 1 is 0.571 bits per heavy atom. The standard InChI is InChI=1S/C50H44Cl4N6O10/c1-49(27-61,47(63)64)59-21-35-11-39(51)43(13-41(35)67-23-31-9-29(15-55)17-57-19-31)69-25-33-5-3-7-37(45(33)53)38-8-4-6-34(46(38)54)26-70-44-14-42(68-24-32-10-30(16-56)18-58-20-32)36(12-40(44)52)22-60-50(2,28-62)48(65)66/h3-14,17-20,59-62H,21-28H2,1-2H3,(H,63,64)(H,65,66)/t49-,50-/m0/s1. The van der Waals surface area contributed by atoms with Crippen LogP contribution in [0.25, 0.3) is 11.1 Å². The number of aliphatic carboxylic acids is 2. The van der Waals surface area contributed by atoms with Crippen molar-refractivity contribution in [1.82, 2.24) is 20.6 Å². The average Bonchev–Trinajstić information content (AvgIpc) is 3.36. The van der Waals surface area contributed by atoms with Crippen LogP contribution in [0.3, 0.4) is 0 Å². The highest BCUT2D eigenvalue weighted by atomic mass is 35.5. The molecule has 0 saturated carbocycles. The van der Waals surface area contributed by atoms with Gasteiger partial charge in [-0.2, -0.15) is 10.5 Å². The van der Waals surface area contributed by atoms with Crippen LogP contribution in [0.15, 0.2) is 97.6 Å². The number of carboxylic acid groups (broad SMARTS) is 2. The Balaban J connectivity index is 1.22. The Morgan fingerprint density at radius 3 is 1.31 bits per heavy atom. The number of nitriles is 2. The molecule has 2 heterocycles. The number of nitrogens with zero attached hydrogens (tertiary/aromatic N) is 4. The Kier molecular flexibility index (Phi) is 17.9. The second kappa shape index (κ2) is 23.7. The van der Waals surface area contributed by atoms with Crippen LogP contribution in [0.2, 0.25) is 20.1 Å². The molecule has 362 valence electrons. The van der Waals surface area contributed by atoms with Gasteiger partial charge in [-0.1, -0.05) is 82.8 Å². The Labute approximate surface area is 422 Å². The van der Waals surface area contributed by atoms with Crippen molar-refractivity contribution < 1.29 is 49.0 Å². The summed E-state index contributed by atoms with van der Waals surface area (Å²) in [5, 5.41) is 64.4. The molecule has 6 rings (SSSR count). The van der Waals surface area contributed by atoms with E-state index >= 15 is 0 Å². The highest BCUT2D eigenvalue weighted by Gasteiger charge is 2.33. The summed E-state index contributed by atoms with van der Waals surface area (Å²) in [6, 6.07) is 24.3. The molecule has 4 aromatic carbocycles. The van der Waals surface area contributed by atoms with Gasteiger partial charge < -0.3 is 39.4 Å². The summed E-state index contributed by atoms with van der Waals surface area (Å²) in [4.78, 5) is 32.0. The minimum atomic E-state index is -1.66. The van der Waals surface area contributed by atoms with Crippen LogP contribution in [0.1, 0.15) is 58.4 Å². The highest BCUT2D eigenvalue weighted by molar-refractivity contribution is 6.37. The zero-order chi connectivity index (χ0) is 50.6. The van der Waals surface area contributed by atoms with Crippen molar-refractivity contribution in [1.29, 1.82) is 10.5 Å². The van der Waals surface area contributed by atoms with Crippen LogP contribution in [-0.4, -0.2) is 66.6 Å². The van der Waals surface area contributed by atoms with Gasteiger partial charge >= 0.3 is 11.9 Å². The van der Waals surface area contributed by atoms with Gasteiger partial charge in [-0.15, -0.1) is 0 Å². The van der Waals surface area contributed by atoms with Gasteiger partial charge in [0.15, 0.2) is 0 Å². The van der Waals surface area contributed by atoms with Gasteiger partial charge in [0.1, 0.15) is 72.6 Å². The monoisotopic (exact) mass is 1030 g/mol. The summed E-state index contributed by atoms with van der Waals surface area (Å²) < 4.78 is 24.7. The Hall–Kier alpha value is -6.70. The molecule has 0 amide bonds. The third-order valence-corrected chi connectivity index (χ3v) is 12.5. The first-order chi connectivity index (χ1) is 33.5. The SMILES string of the molecule is C[C@@](CO)(NCc1cc(Cl)c(OCc2cccc(-c3cccc(COc4cc(OCc5cncc(C#N)c5)c(CN[C@@](C)(CO)C(=O)O)cc4Cl)c3Cl)c2Cl)cc1OCc1cncc(C#N)c1)C(=O)O. The lowest BCUT2D eigenvalue weighted by atomic mass is 10.0. The first kappa shape index (κ1) is 52.7. The van der Waals surface area contributed by atoms with Gasteiger partial charge in [-0.05, 0) is 38.1 Å². The van der Waals surface area contributed by atoms with E-state index in [1.807, 2.05) is 12.1 Å². The van der Waals surface area contributed by atoms with Crippen LogP contribution >= 0.6 is 46.4 Å². The predicted octanol–water partition coefficient (Wildman–Crippen LogP) is 8.67. The maximum atomic E-state index is 11.9. The van der Waals surface area contributed by atoms with Crippen molar-refractivity contribution in [2.24, 2.45) is 0 Å². The predicted molar refractivity (Wildman–Crippen MR) is 260 cm³/mol. The first-order valence-electron chi connectivity index (χ1n) is 21.1. The number of halogens is 4. The lowest BCUT2D eigenvalue weighted by molar-refractivity contribution is -0.146. The van der Waals surface area contributed by atoms with Crippen molar-refractivity contribution in [2.75, 3.05) is 13.2 Å². The molecule has 0 aliphatic rings. The van der Waals surface area contributed by atoms with E-state index in [9.17, 15) is 40.5 Å². The molecule has 6 aromatic rings. The summed E-state index contributed by atoms with van der Waals surface area (Å²) in [6.07, 6.45) is 5.94. The van der Waals surface area contributed by atoms with E-state index in [-0.39, 0.29) is 72.6 Å². The fourth-order valence-corrected chi connectivity index (χ4v) is 7.63. The smallest absolute Gasteiger partial charge is 0.326 e. The maximum Gasteiger partial charge on any atom is 0.326 e. The minimum absolute atomic E-state index is 0.00162.